The van der Waals surface area contributed by atoms with Crippen LogP contribution in [0.3, 0.4) is 0 Å². The quantitative estimate of drug-likeness (QED) is 0.684. The van der Waals surface area contributed by atoms with E-state index in [4.69, 9.17) is 4.74 Å². The van der Waals surface area contributed by atoms with Gasteiger partial charge >= 0.3 is 0 Å². The third-order valence-electron chi connectivity index (χ3n) is 5.28. The van der Waals surface area contributed by atoms with Gasteiger partial charge in [-0.15, -0.1) is 0 Å². The molecule has 1 fully saturated rings. The number of ether oxygens (including phenoxy) is 1. The second kappa shape index (κ2) is 8.41. The summed E-state index contributed by atoms with van der Waals surface area (Å²) in [5, 5.41) is 7.21. The highest BCUT2D eigenvalue weighted by Crippen LogP contribution is 2.28. The van der Waals surface area contributed by atoms with Crippen LogP contribution in [-0.4, -0.2) is 35.2 Å². The van der Waals surface area contributed by atoms with Crippen LogP contribution in [0.15, 0.2) is 60.9 Å². The number of benzene rings is 2. The van der Waals surface area contributed by atoms with Gasteiger partial charge in [-0.25, -0.2) is 0 Å². The summed E-state index contributed by atoms with van der Waals surface area (Å²) < 4.78 is 7.00. The monoisotopic (exact) mass is 404 g/mol. The first-order valence-corrected chi connectivity index (χ1v) is 9.86. The highest BCUT2D eigenvalue weighted by atomic mass is 16.5. The van der Waals surface area contributed by atoms with Crippen molar-refractivity contribution in [1.82, 2.24) is 9.78 Å². The third-order valence-corrected chi connectivity index (χ3v) is 5.28. The number of nitrogens with zero attached hydrogens (tertiary/aromatic N) is 3. The van der Waals surface area contributed by atoms with Crippen LogP contribution in [0.1, 0.15) is 17.5 Å². The average molecular weight is 404 g/mol. The van der Waals surface area contributed by atoms with Crippen molar-refractivity contribution < 1.29 is 14.3 Å². The molecule has 154 valence electrons. The fourth-order valence-electron chi connectivity index (χ4n) is 3.70. The lowest BCUT2D eigenvalue weighted by atomic mass is 10.1. The van der Waals surface area contributed by atoms with Gasteiger partial charge in [0.05, 0.1) is 31.5 Å². The van der Waals surface area contributed by atoms with Crippen molar-refractivity contribution in [3.05, 3.63) is 72.1 Å². The van der Waals surface area contributed by atoms with E-state index in [9.17, 15) is 9.59 Å². The summed E-state index contributed by atoms with van der Waals surface area (Å²) in [6.45, 7) is 2.91. The molecule has 1 saturated heterocycles. The van der Waals surface area contributed by atoms with Gasteiger partial charge in [-0.1, -0.05) is 30.3 Å². The molecule has 1 atom stereocenters. The number of hydrogen-bond donors (Lipinski definition) is 1. The molecule has 1 N–H and O–H groups in total. The molecule has 0 bridgehead atoms. The molecule has 2 aromatic carbocycles. The fraction of sp³-hybridized carbons (Fsp3) is 0.261. The highest BCUT2D eigenvalue weighted by Gasteiger charge is 2.35. The van der Waals surface area contributed by atoms with E-state index in [1.807, 2.05) is 55.5 Å². The number of para-hydroxylation sites is 1. The van der Waals surface area contributed by atoms with Crippen molar-refractivity contribution in [2.24, 2.45) is 5.92 Å². The van der Waals surface area contributed by atoms with Crippen LogP contribution in [0.2, 0.25) is 0 Å². The van der Waals surface area contributed by atoms with Crippen LogP contribution in [0, 0.1) is 12.8 Å². The average Bonchev–Trinajstić information content (AvgIpc) is 3.35. The number of carbonyl (C=O) groups excluding carboxylic acids is 2. The molecule has 3 aromatic rings. The standard InChI is InChI=1S/C23H24N4O3/c1-16-6-3-4-9-21(16)27-14-18(11-22(27)28)23(29)25-19-12-24-26(15-19)13-17-7-5-8-20(10-17)30-2/h3-10,12,15,18H,11,13-14H2,1-2H3,(H,25,29). The summed E-state index contributed by atoms with van der Waals surface area (Å²) in [5.41, 5.74) is 3.55. The van der Waals surface area contributed by atoms with Gasteiger partial charge in [0.1, 0.15) is 5.75 Å². The molecule has 1 aliphatic heterocycles. The van der Waals surface area contributed by atoms with Gasteiger partial charge in [0, 0.05) is 24.8 Å². The first-order chi connectivity index (χ1) is 14.5. The fourth-order valence-corrected chi connectivity index (χ4v) is 3.70. The second-order valence-corrected chi connectivity index (χ2v) is 7.46. The minimum absolute atomic E-state index is 0.0295. The number of methoxy groups -OCH3 is 1. The molecule has 2 amide bonds. The maximum Gasteiger partial charge on any atom is 0.229 e. The number of hydrogen-bond acceptors (Lipinski definition) is 4. The molecule has 1 aromatic heterocycles. The summed E-state index contributed by atoms with van der Waals surface area (Å²) in [4.78, 5) is 26.9. The Morgan fingerprint density at radius 3 is 2.87 bits per heavy atom. The Morgan fingerprint density at radius 2 is 2.07 bits per heavy atom. The number of aryl methyl sites for hydroxylation is 1. The lowest BCUT2D eigenvalue weighted by molar-refractivity contribution is -0.122. The Kier molecular flexibility index (Phi) is 5.52. The van der Waals surface area contributed by atoms with Crippen LogP contribution in [0.4, 0.5) is 11.4 Å². The van der Waals surface area contributed by atoms with Gasteiger partial charge in [0.2, 0.25) is 11.8 Å². The zero-order valence-electron chi connectivity index (χ0n) is 17.0. The lowest BCUT2D eigenvalue weighted by Gasteiger charge is -2.18. The summed E-state index contributed by atoms with van der Waals surface area (Å²) in [7, 11) is 1.63. The van der Waals surface area contributed by atoms with Gasteiger partial charge in [-0.3, -0.25) is 14.3 Å². The topological polar surface area (TPSA) is 76.5 Å². The maximum absolute atomic E-state index is 12.7. The van der Waals surface area contributed by atoms with E-state index in [1.165, 1.54) is 0 Å². The van der Waals surface area contributed by atoms with Crippen molar-refractivity contribution in [2.45, 2.75) is 19.9 Å². The number of carbonyl (C=O) groups is 2. The van der Waals surface area contributed by atoms with Crippen molar-refractivity contribution >= 4 is 23.2 Å². The van der Waals surface area contributed by atoms with Gasteiger partial charge in [-0.2, -0.15) is 5.10 Å². The number of aromatic nitrogens is 2. The molecule has 0 saturated carbocycles. The van der Waals surface area contributed by atoms with E-state index < -0.39 is 0 Å². The number of amides is 2. The molecule has 30 heavy (non-hydrogen) atoms. The molecule has 0 radical (unpaired) electrons. The first kappa shape index (κ1) is 19.7. The molecule has 1 aliphatic rings. The van der Waals surface area contributed by atoms with E-state index in [0.29, 0.717) is 18.8 Å². The van der Waals surface area contributed by atoms with E-state index in [-0.39, 0.29) is 24.2 Å². The summed E-state index contributed by atoms with van der Waals surface area (Å²) in [5.74, 6) is 0.203. The molecule has 0 aliphatic carbocycles. The van der Waals surface area contributed by atoms with Gasteiger partial charge in [0.15, 0.2) is 0 Å². The smallest absolute Gasteiger partial charge is 0.229 e. The molecular weight excluding hydrogens is 380 g/mol. The summed E-state index contributed by atoms with van der Waals surface area (Å²) >= 11 is 0. The molecule has 1 unspecified atom stereocenters. The molecule has 2 heterocycles. The number of anilines is 2. The molecule has 7 nitrogen and oxygen atoms in total. The van der Waals surface area contributed by atoms with E-state index in [0.717, 1.165) is 22.6 Å². The molecule has 0 spiro atoms. The summed E-state index contributed by atoms with van der Waals surface area (Å²) in [6.07, 6.45) is 3.61. The largest absolute Gasteiger partial charge is 0.497 e. The molecular formula is C23H24N4O3. The Bertz CT molecular complexity index is 1080. The van der Waals surface area contributed by atoms with Crippen LogP contribution >= 0.6 is 0 Å². The van der Waals surface area contributed by atoms with Crippen LogP contribution in [-0.2, 0) is 16.1 Å². The zero-order chi connectivity index (χ0) is 21.1. The Morgan fingerprint density at radius 1 is 1.23 bits per heavy atom. The molecule has 7 heteroatoms. The Balaban J connectivity index is 1.39. The van der Waals surface area contributed by atoms with Gasteiger partial charge in [-0.05, 0) is 36.2 Å². The number of rotatable bonds is 6. The van der Waals surface area contributed by atoms with Crippen molar-refractivity contribution in [1.29, 1.82) is 0 Å². The maximum atomic E-state index is 12.7. The van der Waals surface area contributed by atoms with Crippen LogP contribution in [0.25, 0.3) is 0 Å². The third kappa shape index (κ3) is 4.20. The van der Waals surface area contributed by atoms with Gasteiger partial charge < -0.3 is 15.0 Å². The van der Waals surface area contributed by atoms with Crippen molar-refractivity contribution in [2.75, 3.05) is 23.9 Å². The van der Waals surface area contributed by atoms with E-state index in [2.05, 4.69) is 10.4 Å². The van der Waals surface area contributed by atoms with Crippen LogP contribution in [0.5, 0.6) is 5.75 Å². The number of nitrogens with one attached hydrogen (secondary N) is 1. The Hall–Kier alpha value is -3.61. The Labute approximate surface area is 175 Å². The van der Waals surface area contributed by atoms with Crippen molar-refractivity contribution in [3.8, 4) is 5.75 Å². The SMILES string of the molecule is COc1cccc(Cn2cc(NC(=O)C3CC(=O)N(c4ccccc4C)C3)cn2)c1. The molecule has 4 rings (SSSR count). The second-order valence-electron chi connectivity index (χ2n) is 7.46. The summed E-state index contributed by atoms with van der Waals surface area (Å²) in [6, 6.07) is 15.5. The zero-order valence-corrected chi connectivity index (χ0v) is 17.0. The minimum Gasteiger partial charge on any atom is -0.497 e. The van der Waals surface area contributed by atoms with Crippen molar-refractivity contribution in [3.63, 3.8) is 0 Å². The van der Waals surface area contributed by atoms with Gasteiger partial charge in [0.25, 0.3) is 0 Å². The normalized spacial score (nSPS) is 16.0. The first-order valence-electron chi connectivity index (χ1n) is 9.86. The lowest BCUT2D eigenvalue weighted by Crippen LogP contribution is -2.28. The minimum atomic E-state index is -0.390. The predicted octanol–water partition coefficient (Wildman–Crippen LogP) is 3.24. The van der Waals surface area contributed by atoms with E-state index in [1.54, 1.807) is 29.1 Å². The predicted molar refractivity (Wildman–Crippen MR) is 115 cm³/mol. The van der Waals surface area contributed by atoms with Crippen LogP contribution < -0.4 is 15.0 Å². The highest BCUT2D eigenvalue weighted by molar-refractivity contribution is 6.03. The van der Waals surface area contributed by atoms with E-state index >= 15 is 0 Å².